The summed E-state index contributed by atoms with van der Waals surface area (Å²) in [4.78, 5) is 10.7. The Hall–Kier alpha value is -0.650. The second-order valence-electron chi connectivity index (χ2n) is 4.54. The molecule has 0 saturated heterocycles. The maximum atomic E-state index is 10.7. The molecule has 0 aliphatic carbocycles. The first-order valence-electron chi connectivity index (χ1n) is 5.47. The van der Waals surface area contributed by atoms with Crippen molar-refractivity contribution in [2.45, 2.75) is 38.8 Å². The average molecular weight is 233 g/mol. The quantitative estimate of drug-likeness (QED) is 0.568. The van der Waals surface area contributed by atoms with Gasteiger partial charge in [0.1, 0.15) is 0 Å². The lowest BCUT2D eigenvalue weighted by Crippen LogP contribution is -2.45. The Kier molecular flexibility index (Phi) is 6.55. The van der Waals surface area contributed by atoms with E-state index in [2.05, 4.69) is 5.32 Å². The van der Waals surface area contributed by atoms with Crippen LogP contribution in [0.3, 0.4) is 0 Å². The molecule has 0 rings (SSSR count). The highest BCUT2D eigenvalue weighted by Gasteiger charge is 2.24. The van der Waals surface area contributed by atoms with Gasteiger partial charge in [-0.2, -0.15) is 0 Å². The van der Waals surface area contributed by atoms with Crippen LogP contribution in [-0.4, -0.2) is 48.1 Å². The topological polar surface area (TPSA) is 78.8 Å². The third-order valence-corrected chi connectivity index (χ3v) is 2.79. The smallest absolute Gasteiger partial charge is 0.307 e. The van der Waals surface area contributed by atoms with Gasteiger partial charge in [0.05, 0.1) is 11.5 Å². The van der Waals surface area contributed by atoms with Gasteiger partial charge in [-0.3, -0.25) is 4.79 Å². The largest absolute Gasteiger partial charge is 0.481 e. The van der Waals surface area contributed by atoms with Crippen LogP contribution in [0, 0.1) is 5.92 Å². The van der Waals surface area contributed by atoms with Gasteiger partial charge in [-0.15, -0.1) is 0 Å². The van der Waals surface area contributed by atoms with E-state index in [1.165, 1.54) is 0 Å². The summed E-state index contributed by atoms with van der Waals surface area (Å²) in [6.07, 6.45) is 0.519. The number of aliphatic hydroxyl groups is 1. The monoisotopic (exact) mass is 233 g/mol. The second-order valence-corrected chi connectivity index (χ2v) is 4.54. The Labute approximate surface area is 96.8 Å². The molecule has 0 bridgehead atoms. The normalized spacial score (nSPS) is 18.8. The minimum atomic E-state index is -0.873. The zero-order chi connectivity index (χ0) is 12.8. The molecule has 3 atom stereocenters. The first kappa shape index (κ1) is 15.3. The number of carboxylic acids is 1. The molecule has 0 fully saturated rings. The lowest BCUT2D eigenvalue weighted by atomic mass is 10.00. The van der Waals surface area contributed by atoms with Crippen molar-refractivity contribution in [3.05, 3.63) is 0 Å². The van der Waals surface area contributed by atoms with Gasteiger partial charge in [0.25, 0.3) is 0 Å². The number of nitrogens with one attached hydrogen (secondary N) is 1. The zero-order valence-electron chi connectivity index (χ0n) is 10.5. The van der Waals surface area contributed by atoms with E-state index in [0.717, 1.165) is 0 Å². The third-order valence-electron chi connectivity index (χ3n) is 2.79. The van der Waals surface area contributed by atoms with Crippen LogP contribution < -0.4 is 5.32 Å². The number of aliphatic carboxylic acids is 1. The fourth-order valence-electron chi connectivity index (χ4n) is 1.18. The van der Waals surface area contributed by atoms with E-state index in [4.69, 9.17) is 9.84 Å². The van der Waals surface area contributed by atoms with Crippen molar-refractivity contribution in [1.29, 1.82) is 0 Å². The van der Waals surface area contributed by atoms with Crippen LogP contribution in [-0.2, 0) is 9.53 Å². The highest BCUT2D eigenvalue weighted by molar-refractivity contribution is 5.70. The number of carbonyl (C=O) groups is 1. The van der Waals surface area contributed by atoms with Crippen molar-refractivity contribution in [2.75, 3.05) is 20.3 Å². The first-order valence-corrected chi connectivity index (χ1v) is 5.47. The van der Waals surface area contributed by atoms with Gasteiger partial charge >= 0.3 is 5.97 Å². The minimum absolute atomic E-state index is 0.175. The van der Waals surface area contributed by atoms with Crippen molar-refractivity contribution in [3.63, 3.8) is 0 Å². The van der Waals surface area contributed by atoms with E-state index in [0.29, 0.717) is 19.6 Å². The van der Waals surface area contributed by atoms with Crippen LogP contribution in [0.1, 0.15) is 27.2 Å². The molecule has 16 heavy (non-hydrogen) atoms. The molecule has 0 radical (unpaired) electrons. The number of hydrogen-bond donors (Lipinski definition) is 3. The SMILES string of the molecule is COCCC(C)(O)CNC(C)C(C)C(=O)O. The fraction of sp³-hybridized carbons (Fsp3) is 0.909. The van der Waals surface area contributed by atoms with Gasteiger partial charge in [0.15, 0.2) is 0 Å². The van der Waals surface area contributed by atoms with E-state index in [9.17, 15) is 9.90 Å². The van der Waals surface area contributed by atoms with Crippen molar-refractivity contribution in [3.8, 4) is 0 Å². The predicted molar refractivity (Wildman–Crippen MR) is 61.4 cm³/mol. The fourth-order valence-corrected chi connectivity index (χ4v) is 1.18. The summed E-state index contributed by atoms with van der Waals surface area (Å²) in [6.45, 7) is 5.99. The van der Waals surface area contributed by atoms with E-state index in [-0.39, 0.29) is 6.04 Å². The van der Waals surface area contributed by atoms with Crippen LogP contribution in [0.5, 0.6) is 0 Å². The summed E-state index contributed by atoms with van der Waals surface area (Å²) in [5.41, 5.74) is -0.873. The predicted octanol–water partition coefficient (Wildman–Crippen LogP) is 0.473. The lowest BCUT2D eigenvalue weighted by molar-refractivity contribution is -0.142. The Morgan fingerprint density at radius 1 is 1.50 bits per heavy atom. The molecule has 3 N–H and O–H groups in total. The van der Waals surface area contributed by atoms with Gasteiger partial charge in [-0.25, -0.2) is 0 Å². The summed E-state index contributed by atoms with van der Waals surface area (Å²) in [7, 11) is 1.58. The zero-order valence-corrected chi connectivity index (χ0v) is 10.5. The molecular weight excluding hydrogens is 210 g/mol. The van der Waals surface area contributed by atoms with E-state index >= 15 is 0 Å². The van der Waals surface area contributed by atoms with Gasteiger partial charge in [0, 0.05) is 32.7 Å². The molecule has 3 unspecified atom stereocenters. The van der Waals surface area contributed by atoms with Crippen LogP contribution in [0.2, 0.25) is 0 Å². The standard InChI is InChI=1S/C11H23NO4/c1-8(10(13)14)9(2)12-7-11(3,15)5-6-16-4/h8-9,12,15H,5-7H2,1-4H3,(H,13,14). The van der Waals surface area contributed by atoms with E-state index in [1.807, 2.05) is 0 Å². The molecule has 0 aliphatic rings. The highest BCUT2D eigenvalue weighted by Crippen LogP contribution is 2.10. The number of methoxy groups -OCH3 is 1. The Balaban J connectivity index is 3.98. The van der Waals surface area contributed by atoms with Crippen molar-refractivity contribution in [1.82, 2.24) is 5.32 Å². The van der Waals surface area contributed by atoms with Crippen LogP contribution >= 0.6 is 0 Å². The number of ether oxygens (including phenoxy) is 1. The summed E-state index contributed by atoms with van der Waals surface area (Å²) in [6, 6.07) is -0.175. The van der Waals surface area contributed by atoms with Crippen molar-refractivity contribution >= 4 is 5.97 Å². The van der Waals surface area contributed by atoms with E-state index < -0.39 is 17.5 Å². The summed E-state index contributed by atoms with van der Waals surface area (Å²) in [5, 5.41) is 21.8. The molecule has 0 saturated carbocycles. The summed E-state index contributed by atoms with van der Waals surface area (Å²) < 4.78 is 4.89. The minimum Gasteiger partial charge on any atom is -0.481 e. The Bertz CT molecular complexity index is 218. The number of hydrogen-bond acceptors (Lipinski definition) is 4. The Morgan fingerprint density at radius 2 is 2.06 bits per heavy atom. The van der Waals surface area contributed by atoms with Crippen LogP contribution in [0.25, 0.3) is 0 Å². The van der Waals surface area contributed by atoms with Crippen molar-refractivity contribution in [2.24, 2.45) is 5.92 Å². The average Bonchev–Trinajstić information content (AvgIpc) is 2.22. The molecular formula is C11H23NO4. The lowest BCUT2D eigenvalue weighted by Gasteiger charge is -2.27. The number of carboxylic acid groups (broad SMARTS) is 1. The first-order chi connectivity index (χ1) is 7.30. The molecule has 0 aromatic rings. The molecule has 5 heteroatoms. The molecule has 96 valence electrons. The molecule has 5 nitrogen and oxygen atoms in total. The van der Waals surface area contributed by atoms with Crippen molar-refractivity contribution < 1.29 is 19.7 Å². The molecule has 0 aromatic heterocycles. The van der Waals surface area contributed by atoms with Gasteiger partial charge in [-0.1, -0.05) is 6.92 Å². The van der Waals surface area contributed by atoms with Crippen LogP contribution in [0.15, 0.2) is 0 Å². The van der Waals surface area contributed by atoms with Crippen LogP contribution in [0.4, 0.5) is 0 Å². The second kappa shape index (κ2) is 6.83. The summed E-state index contributed by atoms with van der Waals surface area (Å²) >= 11 is 0. The van der Waals surface area contributed by atoms with Gasteiger partial charge < -0.3 is 20.3 Å². The van der Waals surface area contributed by atoms with Gasteiger partial charge in [0.2, 0.25) is 0 Å². The number of rotatable bonds is 8. The van der Waals surface area contributed by atoms with E-state index in [1.54, 1.807) is 27.9 Å². The third kappa shape index (κ3) is 6.05. The van der Waals surface area contributed by atoms with Gasteiger partial charge in [-0.05, 0) is 13.8 Å². The highest BCUT2D eigenvalue weighted by atomic mass is 16.5. The molecule has 0 amide bonds. The molecule has 0 heterocycles. The Morgan fingerprint density at radius 3 is 2.50 bits per heavy atom. The maximum Gasteiger partial charge on any atom is 0.307 e. The summed E-state index contributed by atoms with van der Waals surface area (Å²) in [5.74, 6) is -1.31. The molecule has 0 aromatic carbocycles. The molecule has 0 spiro atoms. The maximum absolute atomic E-state index is 10.7. The molecule has 0 aliphatic heterocycles.